The van der Waals surface area contributed by atoms with Crippen LogP contribution in [0.5, 0.6) is 11.5 Å². The molecule has 0 aromatic heterocycles. The monoisotopic (exact) mass is 416 g/mol. The molecule has 0 bridgehead atoms. The molecule has 2 rings (SSSR count). The lowest BCUT2D eigenvalue weighted by molar-refractivity contribution is -0.384. The zero-order valence-corrected chi connectivity index (χ0v) is 17.6. The number of hydrogen-bond donors (Lipinski definition) is 0. The molecule has 30 heavy (non-hydrogen) atoms. The molecule has 160 valence electrons. The number of hydrogen-bond acceptors (Lipinski definition) is 7. The first kappa shape index (κ1) is 22.7. The van der Waals surface area contributed by atoms with Crippen LogP contribution in [-0.4, -0.2) is 49.6 Å². The van der Waals surface area contributed by atoms with E-state index in [0.717, 1.165) is 23.3 Å². The standard InChI is InChI=1S/C21H24N2O7/c1-6-30-21(25)15-8-14(9-17(10-15)23(26)27)20(24)22(3)12-16-11-19(29-5)18(28-4)7-13(16)2/h7-11H,6,12H2,1-5H3. The lowest BCUT2D eigenvalue weighted by Gasteiger charge is -2.20. The number of benzene rings is 2. The predicted molar refractivity (Wildman–Crippen MR) is 109 cm³/mol. The third kappa shape index (κ3) is 5.05. The SMILES string of the molecule is CCOC(=O)c1cc(C(=O)N(C)Cc2cc(OC)c(OC)cc2C)cc([N+](=O)[O-])c1. The molecule has 0 saturated carbocycles. The summed E-state index contributed by atoms with van der Waals surface area (Å²) < 4.78 is 15.5. The number of esters is 1. The average molecular weight is 416 g/mol. The summed E-state index contributed by atoms with van der Waals surface area (Å²) in [5.74, 6) is -0.101. The second-order valence-corrected chi connectivity index (χ2v) is 6.54. The zero-order valence-electron chi connectivity index (χ0n) is 17.6. The van der Waals surface area contributed by atoms with Crippen molar-refractivity contribution in [3.05, 3.63) is 62.7 Å². The van der Waals surface area contributed by atoms with Crippen LogP contribution in [0.3, 0.4) is 0 Å². The van der Waals surface area contributed by atoms with Gasteiger partial charge in [-0.3, -0.25) is 14.9 Å². The van der Waals surface area contributed by atoms with Crippen molar-refractivity contribution in [2.45, 2.75) is 20.4 Å². The summed E-state index contributed by atoms with van der Waals surface area (Å²) >= 11 is 0. The molecule has 0 aliphatic heterocycles. The lowest BCUT2D eigenvalue weighted by atomic mass is 10.1. The molecule has 0 saturated heterocycles. The highest BCUT2D eigenvalue weighted by molar-refractivity contribution is 5.98. The van der Waals surface area contributed by atoms with Gasteiger partial charge in [0.05, 0.1) is 31.3 Å². The summed E-state index contributed by atoms with van der Waals surface area (Å²) in [5, 5.41) is 11.2. The van der Waals surface area contributed by atoms with Crippen molar-refractivity contribution in [3.8, 4) is 11.5 Å². The second-order valence-electron chi connectivity index (χ2n) is 6.54. The molecule has 0 aliphatic rings. The van der Waals surface area contributed by atoms with E-state index in [1.165, 1.54) is 25.2 Å². The van der Waals surface area contributed by atoms with Gasteiger partial charge < -0.3 is 19.1 Å². The predicted octanol–water partition coefficient (Wildman–Crippen LogP) is 3.37. The van der Waals surface area contributed by atoms with E-state index in [4.69, 9.17) is 14.2 Å². The Labute approximate surface area is 174 Å². The Morgan fingerprint density at radius 2 is 1.63 bits per heavy atom. The number of nitro groups is 1. The molecule has 9 nitrogen and oxygen atoms in total. The van der Waals surface area contributed by atoms with Crippen LogP contribution in [0.4, 0.5) is 5.69 Å². The number of carbonyl (C=O) groups excluding carboxylic acids is 2. The van der Waals surface area contributed by atoms with Crippen LogP contribution < -0.4 is 9.47 Å². The molecule has 0 fully saturated rings. The lowest BCUT2D eigenvalue weighted by Crippen LogP contribution is -2.27. The van der Waals surface area contributed by atoms with E-state index < -0.39 is 16.8 Å². The maximum atomic E-state index is 12.9. The summed E-state index contributed by atoms with van der Waals surface area (Å²) in [6.45, 7) is 3.84. The first-order chi connectivity index (χ1) is 14.2. The van der Waals surface area contributed by atoms with E-state index in [1.807, 2.05) is 6.92 Å². The van der Waals surface area contributed by atoms with Crippen LogP contribution in [-0.2, 0) is 11.3 Å². The number of ether oxygens (including phenoxy) is 3. The van der Waals surface area contributed by atoms with Crippen molar-refractivity contribution in [1.82, 2.24) is 4.90 Å². The minimum Gasteiger partial charge on any atom is -0.493 e. The molecule has 9 heteroatoms. The van der Waals surface area contributed by atoms with Crippen LogP contribution in [0.15, 0.2) is 30.3 Å². The Kier molecular flexibility index (Phi) is 7.35. The molecule has 0 aliphatic carbocycles. The highest BCUT2D eigenvalue weighted by Gasteiger charge is 2.21. The molecule has 1 amide bonds. The quantitative estimate of drug-likeness (QED) is 0.369. The highest BCUT2D eigenvalue weighted by Crippen LogP contribution is 2.31. The highest BCUT2D eigenvalue weighted by atomic mass is 16.6. The van der Waals surface area contributed by atoms with Gasteiger partial charge in [-0.25, -0.2) is 4.79 Å². The third-order valence-electron chi connectivity index (χ3n) is 4.48. The van der Waals surface area contributed by atoms with E-state index in [1.54, 1.807) is 26.1 Å². The normalized spacial score (nSPS) is 10.3. The number of carbonyl (C=O) groups is 2. The fraction of sp³-hybridized carbons (Fsp3) is 0.333. The van der Waals surface area contributed by atoms with Gasteiger partial charge in [-0.05, 0) is 43.2 Å². The summed E-state index contributed by atoms with van der Waals surface area (Å²) in [4.78, 5) is 37.0. The van der Waals surface area contributed by atoms with Gasteiger partial charge in [0.1, 0.15) is 0 Å². The van der Waals surface area contributed by atoms with Gasteiger partial charge in [0.15, 0.2) is 11.5 Å². The van der Waals surface area contributed by atoms with Crippen molar-refractivity contribution >= 4 is 17.6 Å². The summed E-state index contributed by atoms with van der Waals surface area (Å²) in [7, 11) is 4.63. The average Bonchev–Trinajstić information content (AvgIpc) is 2.73. The van der Waals surface area contributed by atoms with E-state index in [2.05, 4.69) is 0 Å². The summed E-state index contributed by atoms with van der Waals surface area (Å²) in [5.41, 5.74) is 1.32. The Morgan fingerprint density at radius 3 is 2.20 bits per heavy atom. The molecule has 2 aromatic carbocycles. The number of non-ortho nitro benzene ring substituents is 1. The van der Waals surface area contributed by atoms with Gasteiger partial charge in [-0.2, -0.15) is 0 Å². The van der Waals surface area contributed by atoms with Gasteiger partial charge in [-0.1, -0.05) is 0 Å². The first-order valence-electron chi connectivity index (χ1n) is 9.15. The first-order valence-corrected chi connectivity index (χ1v) is 9.15. The topological polar surface area (TPSA) is 108 Å². The molecule has 0 spiro atoms. The van der Waals surface area contributed by atoms with E-state index in [9.17, 15) is 19.7 Å². The summed E-state index contributed by atoms with van der Waals surface area (Å²) in [6.07, 6.45) is 0. The van der Waals surface area contributed by atoms with Crippen LogP contribution in [0, 0.1) is 17.0 Å². The Hall–Kier alpha value is -3.62. The largest absolute Gasteiger partial charge is 0.493 e. The molecule has 0 heterocycles. The second kappa shape index (κ2) is 9.73. The van der Waals surface area contributed by atoms with Crippen molar-refractivity contribution in [2.75, 3.05) is 27.9 Å². The minimum absolute atomic E-state index is 0.0212. The van der Waals surface area contributed by atoms with Gasteiger partial charge >= 0.3 is 5.97 Å². The smallest absolute Gasteiger partial charge is 0.338 e. The van der Waals surface area contributed by atoms with Crippen LogP contribution in [0.2, 0.25) is 0 Å². The number of methoxy groups -OCH3 is 2. The zero-order chi connectivity index (χ0) is 22.4. The van der Waals surface area contributed by atoms with E-state index in [-0.39, 0.29) is 30.0 Å². The third-order valence-corrected chi connectivity index (χ3v) is 4.48. The van der Waals surface area contributed by atoms with Gasteiger partial charge in [0.25, 0.3) is 11.6 Å². The Bertz CT molecular complexity index is 972. The fourth-order valence-electron chi connectivity index (χ4n) is 2.91. The van der Waals surface area contributed by atoms with E-state index >= 15 is 0 Å². The molecule has 2 aromatic rings. The number of nitrogens with zero attached hydrogens (tertiary/aromatic N) is 2. The maximum absolute atomic E-state index is 12.9. The minimum atomic E-state index is -0.728. The van der Waals surface area contributed by atoms with Crippen molar-refractivity contribution < 1.29 is 28.7 Å². The molecule has 0 atom stereocenters. The number of amides is 1. The van der Waals surface area contributed by atoms with Crippen molar-refractivity contribution in [2.24, 2.45) is 0 Å². The molecule has 0 N–H and O–H groups in total. The maximum Gasteiger partial charge on any atom is 0.338 e. The molecule has 0 unspecified atom stereocenters. The Morgan fingerprint density at radius 1 is 1.03 bits per heavy atom. The number of aryl methyl sites for hydroxylation is 1. The van der Waals surface area contributed by atoms with Gasteiger partial charge in [0, 0.05) is 31.3 Å². The van der Waals surface area contributed by atoms with Crippen molar-refractivity contribution in [3.63, 3.8) is 0 Å². The van der Waals surface area contributed by atoms with Gasteiger partial charge in [0.2, 0.25) is 0 Å². The van der Waals surface area contributed by atoms with E-state index in [0.29, 0.717) is 11.5 Å². The number of rotatable bonds is 8. The Balaban J connectivity index is 2.36. The van der Waals surface area contributed by atoms with Crippen LogP contribution in [0.1, 0.15) is 38.8 Å². The molecule has 0 radical (unpaired) electrons. The molecular formula is C21H24N2O7. The number of nitro benzene ring substituents is 1. The van der Waals surface area contributed by atoms with Gasteiger partial charge in [-0.15, -0.1) is 0 Å². The summed E-state index contributed by atoms with van der Waals surface area (Å²) in [6, 6.07) is 7.11. The van der Waals surface area contributed by atoms with Crippen molar-refractivity contribution in [1.29, 1.82) is 0 Å². The fourth-order valence-corrected chi connectivity index (χ4v) is 2.91. The van der Waals surface area contributed by atoms with Crippen LogP contribution >= 0.6 is 0 Å². The molecular weight excluding hydrogens is 392 g/mol. The van der Waals surface area contributed by atoms with Crippen LogP contribution in [0.25, 0.3) is 0 Å².